The molecule has 6 heteroatoms. The number of hydrogen-bond donors (Lipinski definition) is 0. The summed E-state index contributed by atoms with van der Waals surface area (Å²) in [6.07, 6.45) is 2.89. The van der Waals surface area contributed by atoms with Crippen molar-refractivity contribution in [3.8, 4) is 0 Å². The normalized spacial score (nSPS) is 17.8. The third-order valence-electron chi connectivity index (χ3n) is 5.91. The quantitative estimate of drug-likeness (QED) is 0.665. The molecule has 0 N–H and O–H groups in total. The Bertz CT molecular complexity index is 1150. The number of nitrogens with zero attached hydrogens (tertiary/aromatic N) is 2. The summed E-state index contributed by atoms with van der Waals surface area (Å²) in [4.78, 5) is 2.65. The van der Waals surface area contributed by atoms with Crippen LogP contribution in [0.2, 0.25) is 0 Å². The highest BCUT2D eigenvalue weighted by molar-refractivity contribution is 7.90. The van der Waals surface area contributed by atoms with Crippen molar-refractivity contribution < 1.29 is 12.8 Å². The molecule has 1 aliphatic rings. The number of aromatic nitrogens is 1. The monoisotopic (exact) mass is 400 g/mol. The van der Waals surface area contributed by atoms with Gasteiger partial charge in [-0.3, -0.25) is 4.90 Å². The molecule has 1 atom stereocenters. The first-order valence-corrected chi connectivity index (χ1v) is 11.4. The maximum Gasteiger partial charge on any atom is 0.175 e. The van der Waals surface area contributed by atoms with E-state index in [1.54, 1.807) is 18.2 Å². The maximum atomic E-state index is 13.5. The van der Waals surface area contributed by atoms with Crippen molar-refractivity contribution in [2.24, 2.45) is 0 Å². The van der Waals surface area contributed by atoms with Crippen LogP contribution in [0.5, 0.6) is 0 Å². The predicted octanol–water partition coefficient (Wildman–Crippen LogP) is 3.98. The zero-order valence-corrected chi connectivity index (χ0v) is 17.3. The lowest BCUT2D eigenvalue weighted by atomic mass is 9.97. The molecule has 0 spiro atoms. The van der Waals surface area contributed by atoms with Gasteiger partial charge in [-0.2, -0.15) is 0 Å². The van der Waals surface area contributed by atoms with Gasteiger partial charge in [-0.1, -0.05) is 12.1 Å². The molecule has 2 aromatic carbocycles. The van der Waals surface area contributed by atoms with Crippen LogP contribution in [-0.4, -0.2) is 37.7 Å². The summed E-state index contributed by atoms with van der Waals surface area (Å²) in [5.74, 6) is -0.218. The molecule has 148 valence electrons. The highest BCUT2D eigenvalue weighted by atomic mass is 32.2. The zero-order valence-electron chi connectivity index (χ0n) is 16.4. The Morgan fingerprint density at radius 3 is 2.68 bits per heavy atom. The number of hydrogen-bond acceptors (Lipinski definition) is 3. The maximum absolute atomic E-state index is 13.5. The van der Waals surface area contributed by atoms with E-state index in [4.69, 9.17) is 0 Å². The number of benzene rings is 2. The fourth-order valence-corrected chi connectivity index (χ4v) is 4.91. The van der Waals surface area contributed by atoms with Gasteiger partial charge < -0.3 is 4.57 Å². The molecule has 0 radical (unpaired) electrons. The Morgan fingerprint density at radius 1 is 1.18 bits per heavy atom. The van der Waals surface area contributed by atoms with Crippen molar-refractivity contribution in [1.82, 2.24) is 9.47 Å². The molecule has 1 unspecified atom stereocenters. The Hall–Kier alpha value is -2.18. The van der Waals surface area contributed by atoms with E-state index in [2.05, 4.69) is 23.4 Å². The van der Waals surface area contributed by atoms with Gasteiger partial charge in [-0.15, -0.1) is 0 Å². The average molecular weight is 401 g/mol. The Labute approximate surface area is 165 Å². The minimum Gasteiger partial charge on any atom is -0.344 e. The van der Waals surface area contributed by atoms with E-state index in [1.165, 1.54) is 23.6 Å². The number of halogens is 1. The molecule has 3 aromatic rings. The van der Waals surface area contributed by atoms with Gasteiger partial charge in [0, 0.05) is 48.4 Å². The fraction of sp³-hybridized carbons (Fsp3) is 0.364. The first-order chi connectivity index (χ1) is 13.3. The lowest BCUT2D eigenvalue weighted by molar-refractivity contribution is 0.245. The van der Waals surface area contributed by atoms with E-state index in [-0.39, 0.29) is 11.9 Å². The van der Waals surface area contributed by atoms with E-state index in [1.807, 2.05) is 18.2 Å². The van der Waals surface area contributed by atoms with Gasteiger partial charge in [0.15, 0.2) is 9.84 Å². The topological polar surface area (TPSA) is 42.3 Å². The number of likely N-dealkylation sites (N-methyl/N-ethyl adjacent to an activating group) is 1. The van der Waals surface area contributed by atoms with Crippen molar-refractivity contribution in [2.45, 2.75) is 37.2 Å². The largest absolute Gasteiger partial charge is 0.344 e. The summed E-state index contributed by atoms with van der Waals surface area (Å²) >= 11 is 0. The smallest absolute Gasteiger partial charge is 0.175 e. The standard InChI is InChI=1S/C22H25FN2O2S/c1-15-22-19-14-18(28(3,26)27)7-8-20(19)25(21(22)10-11-24(15)2)12-9-16-5-4-6-17(23)13-16/h4-8,13-15H,9-12H2,1-3H3. The molecular weight excluding hydrogens is 375 g/mol. The van der Waals surface area contributed by atoms with Crippen LogP contribution < -0.4 is 0 Å². The van der Waals surface area contributed by atoms with Gasteiger partial charge in [-0.05, 0) is 61.9 Å². The van der Waals surface area contributed by atoms with Crippen LogP contribution in [0.4, 0.5) is 4.39 Å². The van der Waals surface area contributed by atoms with Crippen LogP contribution in [0.3, 0.4) is 0 Å². The molecule has 1 aliphatic heterocycles. The number of fused-ring (bicyclic) bond motifs is 3. The molecule has 1 aromatic heterocycles. The second-order valence-corrected chi connectivity index (χ2v) is 9.77. The van der Waals surface area contributed by atoms with Crippen LogP contribution in [0.25, 0.3) is 10.9 Å². The van der Waals surface area contributed by atoms with E-state index in [0.717, 1.165) is 42.4 Å². The number of aryl methyl sites for hydroxylation is 2. The number of sulfone groups is 1. The van der Waals surface area contributed by atoms with Crippen molar-refractivity contribution >= 4 is 20.7 Å². The zero-order chi connectivity index (χ0) is 20.1. The molecular formula is C22H25FN2O2S. The van der Waals surface area contributed by atoms with Crippen LogP contribution in [-0.2, 0) is 29.2 Å². The fourth-order valence-electron chi connectivity index (χ4n) is 4.26. The summed E-state index contributed by atoms with van der Waals surface area (Å²) in [7, 11) is -1.17. The third kappa shape index (κ3) is 3.35. The summed E-state index contributed by atoms with van der Waals surface area (Å²) < 4.78 is 40.0. The van der Waals surface area contributed by atoms with Crippen LogP contribution in [0.15, 0.2) is 47.4 Å². The molecule has 0 aliphatic carbocycles. The van der Waals surface area contributed by atoms with E-state index >= 15 is 0 Å². The predicted molar refractivity (Wildman–Crippen MR) is 110 cm³/mol. The third-order valence-corrected chi connectivity index (χ3v) is 7.02. The van der Waals surface area contributed by atoms with E-state index in [9.17, 15) is 12.8 Å². The SMILES string of the molecule is CC1c2c(n(CCc3cccc(F)c3)c3ccc(S(C)(=O)=O)cc23)CCN1C. The highest BCUT2D eigenvalue weighted by Gasteiger charge is 2.28. The molecule has 28 heavy (non-hydrogen) atoms. The minimum absolute atomic E-state index is 0.218. The van der Waals surface area contributed by atoms with Crippen molar-refractivity contribution in [1.29, 1.82) is 0 Å². The molecule has 4 rings (SSSR count). The van der Waals surface area contributed by atoms with E-state index < -0.39 is 9.84 Å². The molecule has 2 heterocycles. The van der Waals surface area contributed by atoms with Gasteiger partial charge >= 0.3 is 0 Å². The Morgan fingerprint density at radius 2 is 1.96 bits per heavy atom. The van der Waals surface area contributed by atoms with Gasteiger partial charge in [-0.25, -0.2) is 12.8 Å². The summed E-state index contributed by atoms with van der Waals surface area (Å²) in [5, 5.41) is 1.01. The van der Waals surface area contributed by atoms with Gasteiger partial charge in [0.2, 0.25) is 0 Å². The highest BCUT2D eigenvalue weighted by Crippen LogP contribution is 2.38. The lowest BCUT2D eigenvalue weighted by Crippen LogP contribution is -2.31. The molecule has 0 fully saturated rings. The summed E-state index contributed by atoms with van der Waals surface area (Å²) in [6.45, 7) is 3.87. The Balaban J connectivity index is 1.84. The first-order valence-electron chi connectivity index (χ1n) is 9.55. The Kier molecular flexibility index (Phi) is 4.79. The van der Waals surface area contributed by atoms with Gasteiger partial charge in [0.1, 0.15) is 5.82 Å². The second-order valence-electron chi connectivity index (χ2n) is 7.75. The van der Waals surface area contributed by atoms with Gasteiger partial charge in [0.25, 0.3) is 0 Å². The van der Waals surface area contributed by atoms with Crippen LogP contribution in [0.1, 0.15) is 29.8 Å². The molecule has 0 saturated heterocycles. The van der Waals surface area contributed by atoms with Crippen molar-refractivity contribution in [3.05, 3.63) is 65.1 Å². The first kappa shape index (κ1) is 19.2. The molecule has 4 nitrogen and oxygen atoms in total. The van der Waals surface area contributed by atoms with Gasteiger partial charge in [0.05, 0.1) is 4.90 Å². The van der Waals surface area contributed by atoms with Crippen molar-refractivity contribution in [3.63, 3.8) is 0 Å². The van der Waals surface area contributed by atoms with Crippen molar-refractivity contribution in [2.75, 3.05) is 19.8 Å². The van der Waals surface area contributed by atoms with Crippen LogP contribution >= 0.6 is 0 Å². The second kappa shape index (κ2) is 7.01. The van der Waals surface area contributed by atoms with Crippen LogP contribution in [0, 0.1) is 5.82 Å². The van der Waals surface area contributed by atoms with E-state index in [0.29, 0.717) is 4.90 Å². The lowest BCUT2D eigenvalue weighted by Gasteiger charge is -2.31. The molecule has 0 bridgehead atoms. The average Bonchev–Trinajstić information content (AvgIpc) is 2.96. The number of rotatable bonds is 4. The minimum atomic E-state index is -3.27. The summed E-state index contributed by atoms with van der Waals surface area (Å²) in [5.41, 5.74) is 4.50. The summed E-state index contributed by atoms with van der Waals surface area (Å²) in [6, 6.07) is 12.4. The molecule has 0 saturated carbocycles. The molecule has 0 amide bonds.